The Kier molecular flexibility index (Phi) is 4.74. The number of hydrogen-bond acceptors (Lipinski definition) is 4. The van der Waals surface area contributed by atoms with Gasteiger partial charge in [0, 0.05) is 23.8 Å². The van der Waals surface area contributed by atoms with Crippen molar-refractivity contribution in [1.29, 1.82) is 0 Å². The van der Waals surface area contributed by atoms with Crippen molar-refractivity contribution in [3.05, 3.63) is 64.0 Å². The summed E-state index contributed by atoms with van der Waals surface area (Å²) in [4.78, 5) is 28.9. The van der Waals surface area contributed by atoms with Gasteiger partial charge in [0.2, 0.25) is 0 Å². The van der Waals surface area contributed by atoms with E-state index in [-0.39, 0.29) is 11.1 Å². The van der Waals surface area contributed by atoms with Crippen LogP contribution in [-0.4, -0.2) is 24.2 Å². The number of carbonyl (C=O) groups excluding carboxylic acids is 2. The van der Waals surface area contributed by atoms with E-state index in [2.05, 4.69) is 17.0 Å². The van der Waals surface area contributed by atoms with Crippen LogP contribution >= 0.6 is 23.4 Å². The van der Waals surface area contributed by atoms with Gasteiger partial charge in [-0.2, -0.15) is 0 Å². The standard InChI is InChI=1S/C20H17ClN2O2S/c21-15-5-9-17(10-6-15)23-19(24)18(26-20(23)25)13-14-3-7-16(8-4-14)22-11-1-2-12-22/h3-10,13H,1-2,11-12H2/b18-13+. The number of benzene rings is 2. The molecule has 0 saturated carbocycles. The summed E-state index contributed by atoms with van der Waals surface area (Å²) in [5.41, 5.74) is 2.65. The number of imide groups is 1. The van der Waals surface area contributed by atoms with Crippen molar-refractivity contribution in [2.24, 2.45) is 0 Å². The molecule has 0 aromatic heterocycles. The zero-order valence-corrected chi connectivity index (χ0v) is 15.6. The number of nitrogens with zero attached hydrogens (tertiary/aromatic N) is 2. The van der Waals surface area contributed by atoms with Crippen molar-refractivity contribution >= 4 is 52.0 Å². The van der Waals surface area contributed by atoms with Crippen LogP contribution < -0.4 is 9.80 Å². The minimum atomic E-state index is -0.300. The molecule has 2 fully saturated rings. The molecule has 2 aromatic carbocycles. The number of hydrogen-bond donors (Lipinski definition) is 0. The maximum Gasteiger partial charge on any atom is 0.298 e. The molecule has 132 valence electrons. The van der Waals surface area contributed by atoms with Gasteiger partial charge in [-0.25, -0.2) is 4.90 Å². The lowest BCUT2D eigenvalue weighted by Gasteiger charge is -2.17. The summed E-state index contributed by atoms with van der Waals surface area (Å²) >= 11 is 6.84. The van der Waals surface area contributed by atoms with Gasteiger partial charge in [0.15, 0.2) is 0 Å². The van der Waals surface area contributed by atoms with Crippen molar-refractivity contribution in [2.75, 3.05) is 22.9 Å². The molecule has 2 aliphatic rings. The van der Waals surface area contributed by atoms with Gasteiger partial charge in [-0.05, 0) is 72.6 Å². The largest absolute Gasteiger partial charge is 0.372 e. The first-order chi connectivity index (χ1) is 12.6. The van der Waals surface area contributed by atoms with Gasteiger partial charge in [-0.15, -0.1) is 0 Å². The van der Waals surface area contributed by atoms with Crippen LogP contribution in [0.3, 0.4) is 0 Å². The van der Waals surface area contributed by atoms with E-state index >= 15 is 0 Å². The molecule has 2 aromatic rings. The fraction of sp³-hybridized carbons (Fsp3) is 0.200. The average molecular weight is 385 g/mol. The number of carbonyl (C=O) groups is 2. The highest BCUT2D eigenvalue weighted by atomic mass is 35.5. The third-order valence-electron chi connectivity index (χ3n) is 4.54. The second-order valence-electron chi connectivity index (χ2n) is 6.28. The second kappa shape index (κ2) is 7.17. The molecule has 2 aliphatic heterocycles. The maximum absolute atomic E-state index is 12.7. The van der Waals surface area contributed by atoms with Crippen LogP contribution in [0, 0.1) is 0 Å². The summed E-state index contributed by atoms with van der Waals surface area (Å²) in [6, 6.07) is 14.8. The third kappa shape index (κ3) is 3.37. The van der Waals surface area contributed by atoms with Crippen molar-refractivity contribution in [1.82, 2.24) is 0 Å². The van der Waals surface area contributed by atoms with Gasteiger partial charge < -0.3 is 4.90 Å². The van der Waals surface area contributed by atoms with Crippen LogP contribution in [0.25, 0.3) is 6.08 Å². The van der Waals surface area contributed by atoms with Crippen LogP contribution in [0.15, 0.2) is 53.4 Å². The van der Waals surface area contributed by atoms with Crippen LogP contribution in [0.5, 0.6) is 0 Å². The van der Waals surface area contributed by atoms with Gasteiger partial charge in [0.1, 0.15) is 0 Å². The highest BCUT2D eigenvalue weighted by Crippen LogP contribution is 2.36. The van der Waals surface area contributed by atoms with E-state index in [1.165, 1.54) is 23.4 Å². The smallest absolute Gasteiger partial charge is 0.298 e. The predicted octanol–water partition coefficient (Wildman–Crippen LogP) is 5.18. The number of rotatable bonds is 3. The molecule has 2 amide bonds. The van der Waals surface area contributed by atoms with Crippen LogP contribution in [0.4, 0.5) is 16.2 Å². The lowest BCUT2D eigenvalue weighted by Crippen LogP contribution is -2.27. The number of amides is 2. The van der Waals surface area contributed by atoms with E-state index in [4.69, 9.17) is 11.6 Å². The number of halogens is 1. The monoisotopic (exact) mass is 384 g/mol. The lowest BCUT2D eigenvalue weighted by atomic mass is 10.1. The zero-order valence-electron chi connectivity index (χ0n) is 14.0. The second-order valence-corrected chi connectivity index (χ2v) is 7.71. The van der Waals surface area contributed by atoms with E-state index in [0.29, 0.717) is 15.6 Å². The fourth-order valence-corrected chi connectivity index (χ4v) is 4.16. The first-order valence-corrected chi connectivity index (χ1v) is 9.70. The Labute approximate surface area is 161 Å². The highest BCUT2D eigenvalue weighted by molar-refractivity contribution is 8.19. The summed E-state index contributed by atoms with van der Waals surface area (Å²) in [6.07, 6.45) is 4.24. The van der Waals surface area contributed by atoms with E-state index in [9.17, 15) is 9.59 Å². The van der Waals surface area contributed by atoms with Gasteiger partial charge in [-0.3, -0.25) is 9.59 Å². The molecule has 6 heteroatoms. The van der Waals surface area contributed by atoms with Gasteiger partial charge in [0.25, 0.3) is 11.1 Å². The normalized spacial score (nSPS) is 19.0. The third-order valence-corrected chi connectivity index (χ3v) is 5.66. The molecule has 2 heterocycles. The predicted molar refractivity (Wildman–Crippen MR) is 108 cm³/mol. The first kappa shape index (κ1) is 17.2. The summed E-state index contributed by atoms with van der Waals surface area (Å²) in [7, 11) is 0. The van der Waals surface area contributed by atoms with Crippen LogP contribution in [0.1, 0.15) is 18.4 Å². The minimum absolute atomic E-state index is 0.294. The van der Waals surface area contributed by atoms with Crippen LogP contribution in [0.2, 0.25) is 5.02 Å². The van der Waals surface area contributed by atoms with Crippen molar-refractivity contribution < 1.29 is 9.59 Å². The topological polar surface area (TPSA) is 40.6 Å². The molecule has 4 nitrogen and oxygen atoms in total. The molecule has 0 N–H and O–H groups in total. The quantitative estimate of drug-likeness (QED) is 0.683. The summed E-state index contributed by atoms with van der Waals surface area (Å²) in [6.45, 7) is 2.19. The molecular formula is C20H17ClN2O2S. The molecule has 2 saturated heterocycles. The summed E-state index contributed by atoms with van der Waals surface area (Å²) < 4.78 is 0. The molecule has 26 heavy (non-hydrogen) atoms. The molecule has 0 radical (unpaired) electrons. The van der Waals surface area contributed by atoms with E-state index in [1.807, 2.05) is 12.1 Å². The van der Waals surface area contributed by atoms with Crippen molar-refractivity contribution in [2.45, 2.75) is 12.8 Å². The summed E-state index contributed by atoms with van der Waals surface area (Å²) in [5.74, 6) is -0.300. The Morgan fingerprint density at radius 3 is 2.15 bits per heavy atom. The molecule has 0 aliphatic carbocycles. The van der Waals surface area contributed by atoms with E-state index in [0.717, 1.165) is 30.4 Å². The Hall–Kier alpha value is -2.24. The Bertz CT molecular complexity index is 872. The molecule has 0 unspecified atom stereocenters. The lowest BCUT2D eigenvalue weighted by molar-refractivity contribution is -0.113. The van der Waals surface area contributed by atoms with Crippen molar-refractivity contribution in [3.63, 3.8) is 0 Å². The van der Waals surface area contributed by atoms with Gasteiger partial charge in [0.05, 0.1) is 10.6 Å². The van der Waals surface area contributed by atoms with E-state index < -0.39 is 0 Å². The maximum atomic E-state index is 12.7. The van der Waals surface area contributed by atoms with Crippen molar-refractivity contribution in [3.8, 4) is 0 Å². The Morgan fingerprint density at radius 2 is 1.50 bits per heavy atom. The fourth-order valence-electron chi connectivity index (χ4n) is 3.19. The first-order valence-electron chi connectivity index (χ1n) is 8.50. The molecule has 0 bridgehead atoms. The zero-order chi connectivity index (χ0) is 18.1. The molecule has 4 rings (SSSR count). The number of thioether (sulfide) groups is 1. The SMILES string of the molecule is O=C1S/C(=C/c2ccc(N3CCCC3)cc2)C(=O)N1c1ccc(Cl)cc1. The summed E-state index contributed by atoms with van der Waals surface area (Å²) in [5, 5.41) is 0.270. The van der Waals surface area contributed by atoms with Gasteiger partial charge in [-0.1, -0.05) is 23.7 Å². The molecule has 0 atom stereocenters. The average Bonchev–Trinajstić information content (AvgIpc) is 3.26. The Morgan fingerprint density at radius 1 is 0.885 bits per heavy atom. The Balaban J connectivity index is 1.55. The number of anilines is 2. The molecule has 0 spiro atoms. The van der Waals surface area contributed by atoms with E-state index in [1.54, 1.807) is 30.3 Å². The minimum Gasteiger partial charge on any atom is -0.372 e. The highest BCUT2D eigenvalue weighted by Gasteiger charge is 2.36. The van der Waals surface area contributed by atoms with Gasteiger partial charge >= 0.3 is 0 Å². The molecular weight excluding hydrogens is 368 g/mol. The van der Waals surface area contributed by atoms with Crippen LogP contribution in [-0.2, 0) is 4.79 Å².